The summed E-state index contributed by atoms with van der Waals surface area (Å²) >= 11 is 0. The van der Waals surface area contributed by atoms with E-state index < -0.39 is 41.7 Å². The molecule has 6 amide bonds. The molecular weight excluding hydrogens is 564 g/mol. The minimum Gasteiger partial charge on any atom is -0.351 e. The standard InChI is InChI=1S/C31H38N8O5/c1-19(2)15-25(29(42)35-13-11-32)37-27(40)21-7-5-9-23(17-21)39(31(34)44)24-10-6-8-22(18-24)28(41)38-26(16-20(3)4)30(43)36-14-12-33/h5-10,17-20,25-26H,13-16H2,1-4H3,(H2,34,44)(H,35,42)(H,36,43)(H,37,40)(H,38,41). The zero-order chi connectivity index (χ0) is 32.8. The first-order valence-electron chi connectivity index (χ1n) is 14.1. The number of nitrogens with zero attached hydrogens (tertiary/aromatic N) is 3. The van der Waals surface area contributed by atoms with Gasteiger partial charge in [-0.25, -0.2) is 4.79 Å². The van der Waals surface area contributed by atoms with Gasteiger partial charge in [0.25, 0.3) is 11.8 Å². The number of rotatable bonds is 14. The van der Waals surface area contributed by atoms with Gasteiger partial charge in [-0.05, 0) is 61.1 Å². The Bertz CT molecular complexity index is 1340. The molecule has 0 radical (unpaired) electrons. The van der Waals surface area contributed by atoms with Gasteiger partial charge in [-0.1, -0.05) is 39.8 Å². The average molecular weight is 603 g/mol. The molecule has 44 heavy (non-hydrogen) atoms. The zero-order valence-corrected chi connectivity index (χ0v) is 25.2. The molecule has 0 saturated carbocycles. The SMILES string of the molecule is CC(C)CC(NC(=O)c1cccc(N(C(N)=O)c2cccc(C(=O)NC(CC(C)C)C(=O)NCC#N)c2)c1)C(=O)NCC#N. The summed E-state index contributed by atoms with van der Waals surface area (Å²) in [5.41, 5.74) is 6.46. The van der Waals surface area contributed by atoms with E-state index in [1.807, 2.05) is 39.8 Å². The van der Waals surface area contributed by atoms with Crippen LogP contribution in [0.25, 0.3) is 0 Å². The van der Waals surface area contributed by atoms with Crippen LogP contribution in [0.4, 0.5) is 16.2 Å². The number of primary amides is 1. The summed E-state index contributed by atoms with van der Waals surface area (Å²) in [6.07, 6.45) is 0.673. The number of nitrogens with two attached hydrogens (primary N) is 1. The molecule has 2 atom stereocenters. The Morgan fingerprint density at radius 1 is 0.727 bits per heavy atom. The molecule has 2 unspecified atom stereocenters. The third-order valence-corrected chi connectivity index (χ3v) is 6.29. The molecule has 2 aromatic carbocycles. The summed E-state index contributed by atoms with van der Waals surface area (Å²) in [7, 11) is 0. The third-order valence-electron chi connectivity index (χ3n) is 6.29. The van der Waals surface area contributed by atoms with Crippen molar-refractivity contribution in [3.05, 3.63) is 59.7 Å². The Labute approximate surface area is 256 Å². The van der Waals surface area contributed by atoms with E-state index in [-0.39, 0.29) is 47.4 Å². The second-order valence-electron chi connectivity index (χ2n) is 10.8. The molecule has 232 valence electrons. The second-order valence-corrected chi connectivity index (χ2v) is 10.8. The van der Waals surface area contributed by atoms with Crippen LogP contribution in [0.5, 0.6) is 0 Å². The van der Waals surface area contributed by atoms with Gasteiger partial charge in [-0.2, -0.15) is 10.5 Å². The fourth-order valence-corrected chi connectivity index (χ4v) is 4.36. The largest absolute Gasteiger partial charge is 0.351 e. The predicted molar refractivity (Wildman–Crippen MR) is 163 cm³/mol. The van der Waals surface area contributed by atoms with Crippen LogP contribution in [-0.4, -0.2) is 54.8 Å². The lowest BCUT2D eigenvalue weighted by Crippen LogP contribution is -2.47. The number of nitriles is 2. The first-order chi connectivity index (χ1) is 20.9. The zero-order valence-electron chi connectivity index (χ0n) is 25.2. The number of carbonyl (C=O) groups excluding carboxylic acids is 5. The van der Waals surface area contributed by atoms with Gasteiger partial charge in [0.15, 0.2) is 0 Å². The maximum Gasteiger partial charge on any atom is 0.323 e. The number of urea groups is 1. The van der Waals surface area contributed by atoms with Crippen LogP contribution in [0.15, 0.2) is 48.5 Å². The Hall–Kier alpha value is -5.43. The smallest absolute Gasteiger partial charge is 0.323 e. The molecule has 13 heteroatoms. The molecule has 0 bridgehead atoms. The Morgan fingerprint density at radius 3 is 1.43 bits per heavy atom. The molecule has 0 aromatic heterocycles. The van der Waals surface area contributed by atoms with E-state index >= 15 is 0 Å². The Balaban J connectivity index is 2.34. The van der Waals surface area contributed by atoms with Crippen molar-refractivity contribution < 1.29 is 24.0 Å². The van der Waals surface area contributed by atoms with Gasteiger partial charge < -0.3 is 27.0 Å². The number of hydrogen-bond donors (Lipinski definition) is 5. The van der Waals surface area contributed by atoms with Gasteiger partial charge in [-0.15, -0.1) is 0 Å². The maximum atomic E-state index is 13.1. The fraction of sp³-hybridized carbons (Fsp3) is 0.387. The predicted octanol–water partition coefficient (Wildman–Crippen LogP) is 2.47. The quantitative estimate of drug-likeness (QED) is 0.204. The van der Waals surface area contributed by atoms with Crippen molar-refractivity contribution in [2.45, 2.75) is 52.6 Å². The lowest BCUT2D eigenvalue weighted by Gasteiger charge is -2.23. The van der Waals surface area contributed by atoms with Crippen LogP contribution in [-0.2, 0) is 9.59 Å². The van der Waals surface area contributed by atoms with Crippen LogP contribution in [0.1, 0.15) is 61.3 Å². The van der Waals surface area contributed by atoms with Crippen molar-refractivity contribution in [2.75, 3.05) is 18.0 Å². The van der Waals surface area contributed by atoms with E-state index in [0.717, 1.165) is 4.90 Å². The van der Waals surface area contributed by atoms with E-state index in [1.54, 1.807) is 24.3 Å². The number of amides is 6. The van der Waals surface area contributed by atoms with E-state index in [9.17, 15) is 24.0 Å². The summed E-state index contributed by atoms with van der Waals surface area (Å²) in [4.78, 5) is 65.1. The van der Waals surface area contributed by atoms with E-state index in [4.69, 9.17) is 16.3 Å². The van der Waals surface area contributed by atoms with Crippen molar-refractivity contribution in [3.63, 3.8) is 0 Å². The maximum absolute atomic E-state index is 13.1. The Morgan fingerprint density at radius 2 is 1.11 bits per heavy atom. The van der Waals surface area contributed by atoms with Crippen molar-refractivity contribution in [3.8, 4) is 12.1 Å². The number of benzene rings is 2. The summed E-state index contributed by atoms with van der Waals surface area (Å²) in [5, 5.41) is 27.9. The molecule has 0 aliphatic carbocycles. The molecule has 0 fully saturated rings. The van der Waals surface area contributed by atoms with Gasteiger partial charge in [0.05, 0.1) is 23.5 Å². The van der Waals surface area contributed by atoms with Crippen molar-refractivity contribution in [1.82, 2.24) is 21.3 Å². The molecule has 0 aliphatic heterocycles. The summed E-state index contributed by atoms with van der Waals surface area (Å²) in [6, 6.07) is 13.1. The van der Waals surface area contributed by atoms with Crippen LogP contribution in [0.2, 0.25) is 0 Å². The highest BCUT2D eigenvalue weighted by molar-refractivity contribution is 6.04. The summed E-state index contributed by atoms with van der Waals surface area (Å²) in [6.45, 7) is 7.18. The normalized spacial score (nSPS) is 11.8. The van der Waals surface area contributed by atoms with Crippen LogP contribution in [0, 0.1) is 34.5 Å². The molecule has 6 N–H and O–H groups in total. The molecule has 0 heterocycles. The lowest BCUT2D eigenvalue weighted by atomic mass is 10.0. The highest BCUT2D eigenvalue weighted by atomic mass is 16.2. The van der Waals surface area contributed by atoms with Crippen LogP contribution < -0.4 is 31.9 Å². The third kappa shape index (κ3) is 10.4. The van der Waals surface area contributed by atoms with Gasteiger partial charge in [0, 0.05) is 11.1 Å². The van der Waals surface area contributed by atoms with Crippen molar-refractivity contribution >= 4 is 41.0 Å². The number of nitrogens with one attached hydrogen (secondary N) is 4. The fourth-order valence-electron chi connectivity index (χ4n) is 4.36. The minimum atomic E-state index is -0.887. The van der Waals surface area contributed by atoms with Crippen LogP contribution in [0.3, 0.4) is 0 Å². The van der Waals surface area contributed by atoms with Gasteiger partial charge in [0.2, 0.25) is 11.8 Å². The summed E-state index contributed by atoms with van der Waals surface area (Å²) < 4.78 is 0. The molecule has 0 spiro atoms. The molecule has 2 rings (SSSR count). The van der Waals surface area contributed by atoms with E-state index in [1.165, 1.54) is 24.3 Å². The van der Waals surface area contributed by atoms with Gasteiger partial charge in [0.1, 0.15) is 25.2 Å². The van der Waals surface area contributed by atoms with E-state index in [2.05, 4.69) is 21.3 Å². The first kappa shape index (κ1) is 34.8. The number of anilines is 2. The second kappa shape index (κ2) is 16.9. The Kier molecular flexibility index (Phi) is 13.3. The molecular formula is C31H38N8O5. The van der Waals surface area contributed by atoms with Gasteiger partial charge >= 0.3 is 6.03 Å². The van der Waals surface area contributed by atoms with Gasteiger partial charge in [-0.3, -0.25) is 24.1 Å². The highest BCUT2D eigenvalue weighted by Crippen LogP contribution is 2.27. The number of carbonyl (C=O) groups is 5. The van der Waals surface area contributed by atoms with Crippen molar-refractivity contribution in [1.29, 1.82) is 10.5 Å². The monoisotopic (exact) mass is 602 g/mol. The topological polar surface area (TPSA) is 210 Å². The summed E-state index contributed by atoms with van der Waals surface area (Å²) in [5.74, 6) is -1.99. The van der Waals surface area contributed by atoms with Crippen molar-refractivity contribution in [2.24, 2.45) is 17.6 Å². The first-order valence-corrected chi connectivity index (χ1v) is 14.1. The average Bonchev–Trinajstić information content (AvgIpc) is 2.97. The molecule has 2 aromatic rings. The molecule has 13 nitrogen and oxygen atoms in total. The van der Waals surface area contributed by atoms with Crippen LogP contribution >= 0.6 is 0 Å². The molecule has 0 aliphatic rings. The lowest BCUT2D eigenvalue weighted by molar-refractivity contribution is -0.123. The number of hydrogen-bond acceptors (Lipinski definition) is 7. The minimum absolute atomic E-state index is 0.0712. The highest BCUT2D eigenvalue weighted by Gasteiger charge is 2.25. The van der Waals surface area contributed by atoms with E-state index in [0.29, 0.717) is 12.8 Å². The molecule has 0 saturated heterocycles.